The zero-order valence-electron chi connectivity index (χ0n) is 26.7. The van der Waals surface area contributed by atoms with E-state index in [0.717, 1.165) is 27.4 Å². The largest absolute Gasteiger partial charge is 0.493 e. The summed E-state index contributed by atoms with van der Waals surface area (Å²) in [5.41, 5.74) is 3.51. The first-order valence-corrected chi connectivity index (χ1v) is 16.9. The standard InChI is InChI=1S/C34H31N7O6S2/c1-21-7-4-8-24(17-21)39-30(19-35-33(43)22-12-14-23(15-13-22)41(44)45)36-37-34(39)49-20-31(42)40-27(18-26(38-40)29-11-6-16-48-29)25-9-5-10-28(46-2)32(25)47-3/h4-17,27H,18-20H2,1-3H3,(H,35,43)/t27-/m0/s1. The van der Waals surface area contributed by atoms with Crippen molar-refractivity contribution in [3.8, 4) is 17.2 Å². The minimum Gasteiger partial charge on any atom is -0.493 e. The van der Waals surface area contributed by atoms with Gasteiger partial charge in [-0.2, -0.15) is 5.10 Å². The normalized spacial score (nSPS) is 14.0. The molecule has 250 valence electrons. The molecule has 0 spiro atoms. The maximum atomic E-state index is 14.0. The van der Waals surface area contributed by atoms with Crippen molar-refractivity contribution in [3.05, 3.63) is 122 Å². The van der Waals surface area contributed by atoms with Gasteiger partial charge in [0.2, 0.25) is 0 Å². The topological polar surface area (TPSA) is 154 Å². The highest BCUT2D eigenvalue weighted by Crippen LogP contribution is 2.42. The number of rotatable bonds is 12. The number of nitrogens with one attached hydrogen (secondary N) is 1. The molecule has 5 aromatic rings. The number of carbonyl (C=O) groups is 2. The molecule has 6 rings (SSSR count). The Hall–Kier alpha value is -5.54. The fourth-order valence-electron chi connectivity index (χ4n) is 5.47. The molecule has 0 bridgehead atoms. The van der Waals surface area contributed by atoms with Gasteiger partial charge in [0.05, 0.1) is 48.1 Å². The molecule has 1 aliphatic heterocycles. The molecule has 2 amide bonds. The van der Waals surface area contributed by atoms with Crippen LogP contribution in [0.3, 0.4) is 0 Å². The molecule has 13 nitrogen and oxygen atoms in total. The van der Waals surface area contributed by atoms with E-state index in [0.29, 0.717) is 28.9 Å². The Balaban J connectivity index is 1.25. The number of amides is 2. The van der Waals surface area contributed by atoms with Crippen molar-refractivity contribution in [3.63, 3.8) is 0 Å². The van der Waals surface area contributed by atoms with Crippen LogP contribution in [0, 0.1) is 17.0 Å². The van der Waals surface area contributed by atoms with Gasteiger partial charge in [-0.1, -0.05) is 42.1 Å². The number of aryl methyl sites for hydroxylation is 1. The van der Waals surface area contributed by atoms with Crippen LogP contribution < -0.4 is 14.8 Å². The molecular formula is C34H31N7O6S2. The molecule has 0 radical (unpaired) electrons. The molecule has 3 heterocycles. The molecule has 2 aromatic heterocycles. The van der Waals surface area contributed by atoms with Crippen molar-refractivity contribution >= 4 is 46.3 Å². The summed E-state index contributed by atoms with van der Waals surface area (Å²) >= 11 is 2.77. The Morgan fingerprint density at radius 1 is 1.04 bits per heavy atom. The highest BCUT2D eigenvalue weighted by atomic mass is 32.2. The number of carbonyl (C=O) groups excluding carboxylic acids is 2. The number of nitro benzene ring substituents is 1. The number of hydrogen-bond donors (Lipinski definition) is 1. The number of thiophene rings is 1. The van der Waals surface area contributed by atoms with Gasteiger partial charge in [0.25, 0.3) is 17.5 Å². The Kier molecular flexibility index (Phi) is 10.0. The lowest BCUT2D eigenvalue weighted by molar-refractivity contribution is -0.384. The Labute approximate surface area is 289 Å². The van der Waals surface area contributed by atoms with E-state index in [1.54, 1.807) is 30.1 Å². The van der Waals surface area contributed by atoms with E-state index in [-0.39, 0.29) is 29.5 Å². The number of hydrazone groups is 1. The van der Waals surface area contributed by atoms with E-state index < -0.39 is 16.9 Å². The molecule has 1 atom stereocenters. The van der Waals surface area contributed by atoms with Gasteiger partial charge in [0, 0.05) is 35.4 Å². The van der Waals surface area contributed by atoms with Gasteiger partial charge in [0.15, 0.2) is 22.5 Å². The highest BCUT2D eigenvalue weighted by Gasteiger charge is 2.36. The van der Waals surface area contributed by atoms with Gasteiger partial charge in [-0.3, -0.25) is 24.3 Å². The molecule has 15 heteroatoms. The molecule has 49 heavy (non-hydrogen) atoms. The van der Waals surface area contributed by atoms with Gasteiger partial charge < -0.3 is 14.8 Å². The zero-order valence-corrected chi connectivity index (χ0v) is 28.4. The van der Waals surface area contributed by atoms with Crippen molar-refractivity contribution < 1.29 is 24.0 Å². The summed E-state index contributed by atoms with van der Waals surface area (Å²) in [4.78, 5) is 38.3. The summed E-state index contributed by atoms with van der Waals surface area (Å²) in [6.07, 6.45) is 0.499. The minimum absolute atomic E-state index is 0.00308. The number of methoxy groups -OCH3 is 2. The Morgan fingerprint density at radius 2 is 1.84 bits per heavy atom. The Morgan fingerprint density at radius 3 is 2.53 bits per heavy atom. The van der Waals surface area contributed by atoms with Crippen LogP contribution in [-0.4, -0.2) is 62.2 Å². The molecule has 1 N–H and O–H groups in total. The molecule has 0 fully saturated rings. The van der Waals surface area contributed by atoms with Crippen LogP contribution >= 0.6 is 23.1 Å². The number of ether oxygens (including phenoxy) is 2. The van der Waals surface area contributed by atoms with Gasteiger partial charge in [-0.25, -0.2) is 5.01 Å². The number of aromatic nitrogens is 3. The van der Waals surface area contributed by atoms with Crippen molar-refractivity contribution in [2.45, 2.75) is 31.1 Å². The molecule has 1 aliphatic rings. The highest BCUT2D eigenvalue weighted by molar-refractivity contribution is 7.99. The van der Waals surface area contributed by atoms with Gasteiger partial charge in [0.1, 0.15) is 0 Å². The molecule has 0 saturated heterocycles. The first kappa shape index (κ1) is 33.4. The van der Waals surface area contributed by atoms with E-state index in [2.05, 4.69) is 15.5 Å². The lowest BCUT2D eigenvalue weighted by Gasteiger charge is -2.24. The summed E-state index contributed by atoms with van der Waals surface area (Å²) in [6.45, 7) is 1.98. The minimum atomic E-state index is -0.523. The van der Waals surface area contributed by atoms with Gasteiger partial charge in [-0.15, -0.1) is 21.5 Å². The summed E-state index contributed by atoms with van der Waals surface area (Å²) in [6, 6.07) is 22.2. The fraction of sp³-hybridized carbons (Fsp3) is 0.206. The second-order valence-corrected chi connectivity index (χ2v) is 12.8. The van der Waals surface area contributed by atoms with E-state index in [1.807, 2.05) is 66.9 Å². The number of nitrogens with zero attached hydrogens (tertiary/aromatic N) is 6. The molecule has 0 saturated carbocycles. The van der Waals surface area contributed by atoms with Crippen molar-refractivity contribution in [2.75, 3.05) is 20.0 Å². The summed E-state index contributed by atoms with van der Waals surface area (Å²) < 4.78 is 13.1. The van der Waals surface area contributed by atoms with E-state index in [1.165, 1.54) is 41.0 Å². The monoisotopic (exact) mass is 697 g/mol. The molecule has 0 aliphatic carbocycles. The fourth-order valence-corrected chi connectivity index (χ4v) is 7.02. The lowest BCUT2D eigenvalue weighted by atomic mass is 9.99. The Bertz CT molecular complexity index is 2030. The summed E-state index contributed by atoms with van der Waals surface area (Å²) in [7, 11) is 3.15. The van der Waals surface area contributed by atoms with Crippen LogP contribution in [0.1, 0.15) is 44.6 Å². The molecule has 3 aromatic carbocycles. The summed E-state index contributed by atoms with van der Waals surface area (Å²) in [5.74, 6) is 0.884. The average molecular weight is 698 g/mol. The van der Waals surface area contributed by atoms with Crippen molar-refractivity contribution in [1.29, 1.82) is 0 Å². The van der Waals surface area contributed by atoms with E-state index in [9.17, 15) is 19.7 Å². The zero-order chi connectivity index (χ0) is 34.5. The number of hydrogen-bond acceptors (Lipinski definition) is 11. The number of benzene rings is 3. The average Bonchev–Trinajstić information content (AvgIpc) is 3.89. The van der Waals surface area contributed by atoms with Crippen molar-refractivity contribution in [1.82, 2.24) is 25.1 Å². The third kappa shape index (κ3) is 7.17. The van der Waals surface area contributed by atoms with Crippen LogP contribution in [0.15, 0.2) is 94.5 Å². The number of non-ortho nitro benzene ring substituents is 1. The quantitative estimate of drug-likeness (QED) is 0.0945. The van der Waals surface area contributed by atoms with E-state index in [4.69, 9.17) is 14.6 Å². The van der Waals surface area contributed by atoms with Crippen LogP contribution in [-0.2, 0) is 11.3 Å². The molecule has 0 unspecified atom stereocenters. The van der Waals surface area contributed by atoms with Crippen molar-refractivity contribution in [2.24, 2.45) is 5.10 Å². The van der Waals surface area contributed by atoms with Crippen LogP contribution in [0.25, 0.3) is 5.69 Å². The first-order valence-electron chi connectivity index (χ1n) is 15.1. The number of nitro groups is 1. The number of thioether (sulfide) groups is 1. The lowest BCUT2D eigenvalue weighted by Crippen LogP contribution is -2.29. The first-order chi connectivity index (χ1) is 23.8. The summed E-state index contributed by atoms with van der Waals surface area (Å²) in [5, 5.41) is 31.3. The SMILES string of the molecule is COc1cccc([C@@H]2CC(c3cccs3)=NN2C(=O)CSc2nnc(CNC(=O)c3ccc([N+](=O)[O-])cc3)n2-c2cccc(C)c2)c1OC. The van der Waals surface area contributed by atoms with Gasteiger partial charge >= 0.3 is 0 Å². The predicted octanol–water partition coefficient (Wildman–Crippen LogP) is 5.96. The van der Waals surface area contributed by atoms with Crippen LogP contribution in [0.2, 0.25) is 0 Å². The van der Waals surface area contributed by atoms with Crippen LogP contribution in [0.5, 0.6) is 11.5 Å². The third-order valence-electron chi connectivity index (χ3n) is 7.80. The second-order valence-electron chi connectivity index (χ2n) is 10.9. The van der Waals surface area contributed by atoms with Gasteiger partial charge in [-0.05, 0) is 54.3 Å². The number of para-hydroxylation sites is 1. The van der Waals surface area contributed by atoms with E-state index >= 15 is 0 Å². The second kappa shape index (κ2) is 14.7. The predicted molar refractivity (Wildman–Crippen MR) is 186 cm³/mol. The van der Waals surface area contributed by atoms with Crippen LogP contribution in [0.4, 0.5) is 5.69 Å². The molecular weight excluding hydrogens is 667 g/mol. The smallest absolute Gasteiger partial charge is 0.269 e. The maximum Gasteiger partial charge on any atom is 0.269 e. The third-order valence-corrected chi connectivity index (χ3v) is 9.63. The maximum absolute atomic E-state index is 14.0.